The molecule has 1 radical (unpaired) electrons. The van der Waals surface area contributed by atoms with Gasteiger partial charge in [0.15, 0.2) is 0 Å². The molecular weight excluding hydrogens is 112 g/mol. The van der Waals surface area contributed by atoms with E-state index < -0.39 is 0 Å². The second-order valence-corrected chi connectivity index (χ2v) is 2.95. The molecule has 1 aliphatic rings. The summed E-state index contributed by atoms with van der Waals surface area (Å²) in [6.07, 6.45) is 2.47. The van der Waals surface area contributed by atoms with Gasteiger partial charge in [0.2, 0.25) is 0 Å². The van der Waals surface area contributed by atoms with Gasteiger partial charge in [-0.1, -0.05) is 0 Å². The maximum atomic E-state index is 7.14. The lowest BCUT2D eigenvalue weighted by Crippen LogP contribution is -2.31. The predicted octanol–water partition coefficient (Wildman–Crippen LogP) is 0.611. The fraction of sp³-hybridized carbons (Fsp3) is 1.00. The van der Waals surface area contributed by atoms with Crippen molar-refractivity contribution in [3.8, 4) is 0 Å². The number of likely N-dealkylation sites (tertiary alicyclic amines) is 1. The minimum absolute atomic E-state index is 0.633. The molecule has 2 nitrogen and oxygen atoms in total. The van der Waals surface area contributed by atoms with E-state index in [1.807, 2.05) is 0 Å². The SMILES string of the molecule is CN1CCC(C[NH])CC1. The van der Waals surface area contributed by atoms with Gasteiger partial charge in [-0.15, -0.1) is 0 Å². The first-order valence-corrected chi connectivity index (χ1v) is 3.66. The number of hydrogen-bond acceptors (Lipinski definition) is 1. The largest absolute Gasteiger partial charge is 0.306 e. The summed E-state index contributed by atoms with van der Waals surface area (Å²) in [7, 11) is 2.15. The topological polar surface area (TPSA) is 27.0 Å². The van der Waals surface area contributed by atoms with Crippen molar-refractivity contribution < 1.29 is 0 Å². The maximum Gasteiger partial charge on any atom is 0.0129 e. The second kappa shape index (κ2) is 3.18. The van der Waals surface area contributed by atoms with Gasteiger partial charge in [-0.2, -0.15) is 0 Å². The number of piperidine rings is 1. The molecule has 0 saturated carbocycles. The highest BCUT2D eigenvalue weighted by atomic mass is 15.1. The standard InChI is InChI=1S/C7H15N2/c1-9-4-2-7(6-8)3-5-9/h7-8H,2-6H2,1H3. The fourth-order valence-corrected chi connectivity index (χ4v) is 1.27. The molecule has 0 bridgehead atoms. The van der Waals surface area contributed by atoms with Gasteiger partial charge in [0.1, 0.15) is 0 Å². The van der Waals surface area contributed by atoms with Crippen LogP contribution in [0.5, 0.6) is 0 Å². The Bertz CT molecular complexity index is 75.0. The van der Waals surface area contributed by atoms with Crippen LogP contribution in [-0.2, 0) is 0 Å². The molecule has 53 valence electrons. The highest BCUT2D eigenvalue weighted by molar-refractivity contribution is 4.69. The number of nitrogens with one attached hydrogen (secondary N) is 1. The van der Waals surface area contributed by atoms with Crippen molar-refractivity contribution in [2.75, 3.05) is 26.7 Å². The summed E-state index contributed by atoms with van der Waals surface area (Å²) in [6, 6.07) is 0. The van der Waals surface area contributed by atoms with Crippen LogP contribution in [0.3, 0.4) is 0 Å². The number of nitrogens with zero attached hydrogens (tertiary/aromatic N) is 1. The van der Waals surface area contributed by atoms with Crippen molar-refractivity contribution in [2.45, 2.75) is 12.8 Å². The van der Waals surface area contributed by atoms with Crippen molar-refractivity contribution >= 4 is 0 Å². The van der Waals surface area contributed by atoms with Gasteiger partial charge in [-0.05, 0) is 38.9 Å². The van der Waals surface area contributed by atoms with E-state index in [9.17, 15) is 0 Å². The van der Waals surface area contributed by atoms with Crippen LogP contribution >= 0.6 is 0 Å². The van der Waals surface area contributed by atoms with Crippen LogP contribution in [0.25, 0.3) is 0 Å². The van der Waals surface area contributed by atoms with E-state index in [1.54, 1.807) is 0 Å². The average molecular weight is 127 g/mol. The summed E-state index contributed by atoms with van der Waals surface area (Å²) in [5, 5.41) is 0. The Morgan fingerprint density at radius 3 is 2.44 bits per heavy atom. The molecule has 0 spiro atoms. The van der Waals surface area contributed by atoms with Gasteiger partial charge in [0.05, 0.1) is 0 Å². The Hall–Kier alpha value is -0.0800. The lowest BCUT2D eigenvalue weighted by Gasteiger charge is -2.27. The minimum atomic E-state index is 0.633. The predicted molar refractivity (Wildman–Crippen MR) is 38.2 cm³/mol. The zero-order valence-electron chi connectivity index (χ0n) is 6.06. The smallest absolute Gasteiger partial charge is 0.0129 e. The Kier molecular flexibility index (Phi) is 2.49. The average Bonchev–Trinajstić information content (AvgIpc) is 1.90. The van der Waals surface area contributed by atoms with Crippen LogP contribution < -0.4 is 5.73 Å². The Morgan fingerprint density at radius 1 is 1.44 bits per heavy atom. The van der Waals surface area contributed by atoms with Crippen LogP contribution in [0.1, 0.15) is 12.8 Å². The Morgan fingerprint density at radius 2 is 2.00 bits per heavy atom. The van der Waals surface area contributed by atoms with Gasteiger partial charge in [0, 0.05) is 6.54 Å². The molecule has 2 heteroatoms. The first-order valence-electron chi connectivity index (χ1n) is 3.66. The van der Waals surface area contributed by atoms with Crippen LogP contribution in [0.4, 0.5) is 0 Å². The lowest BCUT2D eigenvalue weighted by molar-refractivity contribution is 0.222. The minimum Gasteiger partial charge on any atom is -0.306 e. The summed E-state index contributed by atoms with van der Waals surface area (Å²) in [5.74, 6) is 0.696. The summed E-state index contributed by atoms with van der Waals surface area (Å²) in [5.41, 5.74) is 7.14. The highest BCUT2D eigenvalue weighted by Gasteiger charge is 2.14. The van der Waals surface area contributed by atoms with E-state index in [-0.39, 0.29) is 0 Å². The molecule has 0 aromatic carbocycles. The van der Waals surface area contributed by atoms with Crippen LogP contribution in [-0.4, -0.2) is 31.6 Å². The summed E-state index contributed by atoms with van der Waals surface area (Å²) < 4.78 is 0. The number of rotatable bonds is 1. The van der Waals surface area contributed by atoms with Gasteiger partial charge < -0.3 is 4.90 Å². The van der Waals surface area contributed by atoms with E-state index >= 15 is 0 Å². The fourth-order valence-electron chi connectivity index (χ4n) is 1.27. The summed E-state index contributed by atoms with van der Waals surface area (Å²) >= 11 is 0. The maximum absolute atomic E-state index is 7.14. The van der Waals surface area contributed by atoms with Crippen molar-refractivity contribution in [1.29, 1.82) is 0 Å². The molecule has 9 heavy (non-hydrogen) atoms. The molecule has 1 N–H and O–H groups in total. The monoisotopic (exact) mass is 127 g/mol. The van der Waals surface area contributed by atoms with Crippen LogP contribution in [0.15, 0.2) is 0 Å². The Labute approximate surface area is 57.0 Å². The third-order valence-corrected chi connectivity index (χ3v) is 2.13. The van der Waals surface area contributed by atoms with Gasteiger partial charge in [0.25, 0.3) is 0 Å². The molecule has 0 unspecified atom stereocenters. The van der Waals surface area contributed by atoms with Crippen LogP contribution in [0.2, 0.25) is 0 Å². The second-order valence-electron chi connectivity index (χ2n) is 2.95. The van der Waals surface area contributed by atoms with E-state index in [4.69, 9.17) is 5.73 Å². The molecule has 0 atom stereocenters. The van der Waals surface area contributed by atoms with Crippen molar-refractivity contribution in [3.63, 3.8) is 0 Å². The van der Waals surface area contributed by atoms with Gasteiger partial charge in [-0.3, -0.25) is 5.73 Å². The highest BCUT2D eigenvalue weighted by Crippen LogP contribution is 2.13. The molecule has 0 amide bonds. The molecule has 1 fully saturated rings. The molecule has 1 rings (SSSR count). The van der Waals surface area contributed by atoms with E-state index in [0.29, 0.717) is 12.5 Å². The first kappa shape index (κ1) is 7.03. The zero-order valence-corrected chi connectivity index (χ0v) is 6.06. The van der Waals surface area contributed by atoms with E-state index in [2.05, 4.69) is 11.9 Å². The number of hydrogen-bond donors (Lipinski definition) is 0. The van der Waals surface area contributed by atoms with E-state index in [1.165, 1.54) is 25.9 Å². The normalized spacial score (nSPS) is 24.7. The molecule has 0 aromatic heterocycles. The summed E-state index contributed by atoms with van der Waals surface area (Å²) in [4.78, 5) is 2.34. The van der Waals surface area contributed by atoms with Gasteiger partial charge in [-0.25, -0.2) is 0 Å². The first-order chi connectivity index (χ1) is 4.33. The molecule has 1 aliphatic heterocycles. The molecule has 0 aromatic rings. The van der Waals surface area contributed by atoms with Crippen molar-refractivity contribution in [1.82, 2.24) is 10.6 Å². The van der Waals surface area contributed by atoms with Crippen molar-refractivity contribution in [2.24, 2.45) is 5.92 Å². The Balaban J connectivity index is 2.18. The molecule has 1 heterocycles. The molecule has 0 aliphatic carbocycles. The van der Waals surface area contributed by atoms with Crippen LogP contribution in [0, 0.1) is 5.92 Å². The third kappa shape index (κ3) is 1.95. The van der Waals surface area contributed by atoms with E-state index in [0.717, 1.165) is 0 Å². The lowest BCUT2D eigenvalue weighted by atomic mass is 9.98. The van der Waals surface area contributed by atoms with Gasteiger partial charge >= 0.3 is 0 Å². The molecule has 1 saturated heterocycles. The zero-order chi connectivity index (χ0) is 6.69. The van der Waals surface area contributed by atoms with Crippen molar-refractivity contribution in [3.05, 3.63) is 0 Å². The third-order valence-electron chi connectivity index (χ3n) is 2.13. The summed E-state index contributed by atoms with van der Waals surface area (Å²) in [6.45, 7) is 3.03. The molecular formula is C7H15N2. The quantitative estimate of drug-likeness (QED) is 0.507.